The highest BCUT2D eigenvalue weighted by Crippen LogP contribution is 2.55. The quantitative estimate of drug-likeness (QED) is 0.711. The van der Waals surface area contributed by atoms with Crippen LogP contribution in [0, 0.1) is 23.7 Å². The maximum atomic E-state index is 13.1. The molecule has 4 aliphatic rings. The minimum absolute atomic E-state index is 0.0823. The van der Waals surface area contributed by atoms with Crippen molar-refractivity contribution in [3.05, 3.63) is 40.4 Å². The molecule has 4 bridgehead atoms. The van der Waals surface area contributed by atoms with Gasteiger partial charge in [0.05, 0.1) is 0 Å². The highest BCUT2D eigenvalue weighted by atomic mass is 35.5. The van der Waals surface area contributed by atoms with Crippen LogP contribution in [0.3, 0.4) is 0 Å². The van der Waals surface area contributed by atoms with Crippen LogP contribution in [-0.2, 0) is 0 Å². The lowest BCUT2D eigenvalue weighted by atomic mass is 9.54. The van der Waals surface area contributed by atoms with Crippen LogP contribution in [0.1, 0.15) is 42.6 Å². The van der Waals surface area contributed by atoms with Gasteiger partial charge in [-0.15, -0.1) is 11.3 Å². The number of nitrogens with zero attached hydrogens (tertiary/aromatic N) is 2. The van der Waals surface area contributed by atoms with Gasteiger partial charge in [0.1, 0.15) is 10.7 Å². The van der Waals surface area contributed by atoms with E-state index >= 15 is 0 Å². The normalized spacial score (nSPS) is 32.0. The monoisotopic (exact) mass is 386 g/mol. The van der Waals surface area contributed by atoms with Crippen molar-refractivity contribution in [2.75, 3.05) is 7.05 Å². The molecule has 4 aliphatic carbocycles. The summed E-state index contributed by atoms with van der Waals surface area (Å²) in [5.41, 5.74) is 1.59. The van der Waals surface area contributed by atoms with Crippen molar-refractivity contribution in [2.45, 2.75) is 38.1 Å². The molecule has 6 rings (SSSR count). The van der Waals surface area contributed by atoms with E-state index < -0.39 is 0 Å². The molecule has 0 saturated heterocycles. The number of carbonyl (C=O) groups excluding carboxylic acids is 1. The fourth-order valence-electron chi connectivity index (χ4n) is 5.94. The number of rotatable bonds is 3. The number of halogens is 1. The highest BCUT2D eigenvalue weighted by Gasteiger charge is 2.50. The van der Waals surface area contributed by atoms with Gasteiger partial charge in [-0.3, -0.25) is 4.79 Å². The number of amides is 1. The van der Waals surface area contributed by atoms with Crippen LogP contribution in [0.4, 0.5) is 0 Å². The van der Waals surface area contributed by atoms with Gasteiger partial charge >= 0.3 is 0 Å². The van der Waals surface area contributed by atoms with Crippen LogP contribution >= 0.6 is 22.9 Å². The van der Waals surface area contributed by atoms with E-state index in [1.165, 1.54) is 43.4 Å². The van der Waals surface area contributed by atoms with Crippen molar-refractivity contribution in [3.63, 3.8) is 0 Å². The zero-order valence-corrected chi connectivity index (χ0v) is 16.5. The third-order valence-corrected chi connectivity index (χ3v) is 7.90. The van der Waals surface area contributed by atoms with E-state index in [2.05, 4.69) is 4.98 Å². The lowest BCUT2D eigenvalue weighted by Gasteiger charge is -2.56. The van der Waals surface area contributed by atoms with Crippen LogP contribution in [0.15, 0.2) is 29.6 Å². The topological polar surface area (TPSA) is 33.2 Å². The van der Waals surface area contributed by atoms with Gasteiger partial charge in [-0.2, -0.15) is 0 Å². The van der Waals surface area contributed by atoms with E-state index in [1.54, 1.807) is 0 Å². The van der Waals surface area contributed by atoms with Gasteiger partial charge in [0.2, 0.25) is 0 Å². The first-order chi connectivity index (χ1) is 12.6. The summed E-state index contributed by atoms with van der Waals surface area (Å²) in [5.74, 6) is 3.34. The van der Waals surface area contributed by atoms with Gasteiger partial charge < -0.3 is 4.90 Å². The molecule has 2 aromatic rings. The number of hydrogen-bond acceptors (Lipinski definition) is 3. The zero-order chi connectivity index (χ0) is 17.8. The van der Waals surface area contributed by atoms with Crippen LogP contribution in [0.25, 0.3) is 10.6 Å². The summed E-state index contributed by atoms with van der Waals surface area (Å²) in [6.45, 7) is 0. The Morgan fingerprint density at radius 2 is 1.69 bits per heavy atom. The standard InChI is InChI=1S/C21H23ClN2OS/c1-24(19-15-7-12-6-13(9-15)10-16(19)8-12)21(25)18-11-26-20(23-18)14-2-4-17(22)5-3-14/h2-5,11-13,15-16,19H,6-10H2,1H3. The van der Waals surface area contributed by atoms with Gasteiger partial charge in [0.25, 0.3) is 5.91 Å². The van der Waals surface area contributed by atoms with Crippen molar-refractivity contribution in [1.29, 1.82) is 0 Å². The lowest BCUT2D eigenvalue weighted by molar-refractivity contribution is -0.0492. The number of aromatic nitrogens is 1. The average molecular weight is 387 g/mol. The maximum absolute atomic E-state index is 13.1. The molecule has 1 aromatic heterocycles. The molecule has 3 nitrogen and oxygen atoms in total. The number of thiazole rings is 1. The first-order valence-electron chi connectivity index (χ1n) is 9.57. The maximum Gasteiger partial charge on any atom is 0.273 e. The van der Waals surface area contributed by atoms with Crippen molar-refractivity contribution < 1.29 is 4.79 Å². The third-order valence-electron chi connectivity index (χ3n) is 6.76. The molecule has 0 atom stereocenters. The summed E-state index contributed by atoms with van der Waals surface area (Å²) in [5, 5.41) is 3.49. The molecule has 1 amide bonds. The third kappa shape index (κ3) is 2.78. The van der Waals surface area contributed by atoms with Gasteiger partial charge in [-0.1, -0.05) is 23.7 Å². The molecule has 0 N–H and O–H groups in total. The van der Waals surface area contributed by atoms with Gasteiger partial charge in [-0.05, 0) is 67.9 Å². The summed E-state index contributed by atoms with van der Waals surface area (Å²) in [7, 11) is 2.00. The number of hydrogen-bond donors (Lipinski definition) is 0. The summed E-state index contributed by atoms with van der Waals surface area (Å²) in [4.78, 5) is 19.8. The molecule has 0 aliphatic heterocycles. The van der Waals surface area contributed by atoms with E-state index in [0.717, 1.165) is 22.4 Å². The predicted octanol–water partition coefficient (Wildman–Crippen LogP) is 5.36. The molecule has 26 heavy (non-hydrogen) atoms. The second-order valence-electron chi connectivity index (χ2n) is 8.38. The summed E-state index contributed by atoms with van der Waals surface area (Å²) >= 11 is 7.49. The largest absolute Gasteiger partial charge is 0.337 e. The Balaban J connectivity index is 1.36. The molecule has 0 unspecified atom stereocenters. The van der Waals surface area contributed by atoms with Gasteiger partial charge in [-0.25, -0.2) is 4.98 Å². The Hall–Kier alpha value is -1.39. The molecule has 4 fully saturated rings. The molecule has 136 valence electrons. The SMILES string of the molecule is CN(C(=O)c1csc(-c2ccc(Cl)cc2)n1)C1C2CC3CC(C2)CC1C3. The molecule has 1 aromatic carbocycles. The second kappa shape index (κ2) is 6.35. The molecular formula is C21H23ClN2OS. The molecular weight excluding hydrogens is 364 g/mol. The van der Waals surface area contributed by atoms with E-state index in [1.807, 2.05) is 41.6 Å². The summed E-state index contributed by atoms with van der Waals surface area (Å²) in [6.07, 6.45) is 6.73. The Kier molecular flexibility index (Phi) is 4.09. The van der Waals surface area contributed by atoms with Gasteiger partial charge in [0, 0.05) is 29.1 Å². The highest BCUT2D eigenvalue weighted by molar-refractivity contribution is 7.13. The number of carbonyl (C=O) groups is 1. The first-order valence-corrected chi connectivity index (χ1v) is 10.8. The van der Waals surface area contributed by atoms with Crippen molar-refractivity contribution in [2.24, 2.45) is 23.7 Å². The van der Waals surface area contributed by atoms with Crippen LogP contribution in [0.5, 0.6) is 0 Å². The van der Waals surface area contributed by atoms with Crippen LogP contribution in [-0.4, -0.2) is 28.9 Å². The molecule has 1 heterocycles. The van der Waals surface area contributed by atoms with Crippen LogP contribution in [0.2, 0.25) is 5.02 Å². The second-order valence-corrected chi connectivity index (χ2v) is 9.68. The molecule has 0 spiro atoms. The Morgan fingerprint density at radius 1 is 1.08 bits per heavy atom. The Labute approximate surface area is 163 Å². The summed E-state index contributed by atoms with van der Waals surface area (Å²) in [6, 6.07) is 8.05. The Bertz CT molecular complexity index is 803. The van der Waals surface area contributed by atoms with Crippen molar-refractivity contribution >= 4 is 28.8 Å². The molecule has 0 radical (unpaired) electrons. The fourth-order valence-corrected chi connectivity index (χ4v) is 6.87. The lowest BCUT2D eigenvalue weighted by Crippen LogP contribution is -2.56. The van der Waals surface area contributed by atoms with Crippen molar-refractivity contribution in [3.8, 4) is 10.6 Å². The van der Waals surface area contributed by atoms with Crippen molar-refractivity contribution in [1.82, 2.24) is 9.88 Å². The van der Waals surface area contributed by atoms with Crippen LogP contribution < -0.4 is 0 Å². The zero-order valence-electron chi connectivity index (χ0n) is 14.9. The summed E-state index contributed by atoms with van der Waals surface area (Å²) < 4.78 is 0. The van der Waals surface area contributed by atoms with E-state index in [9.17, 15) is 4.79 Å². The minimum atomic E-state index is 0.0823. The van der Waals surface area contributed by atoms with E-state index in [4.69, 9.17) is 11.6 Å². The van der Waals surface area contributed by atoms with E-state index in [-0.39, 0.29) is 5.91 Å². The fraction of sp³-hybridized carbons (Fsp3) is 0.524. The number of benzene rings is 1. The average Bonchev–Trinajstić information content (AvgIpc) is 3.10. The Morgan fingerprint density at radius 3 is 2.31 bits per heavy atom. The predicted molar refractivity (Wildman–Crippen MR) is 105 cm³/mol. The minimum Gasteiger partial charge on any atom is -0.337 e. The van der Waals surface area contributed by atoms with Gasteiger partial charge in [0.15, 0.2) is 0 Å². The van der Waals surface area contributed by atoms with E-state index in [0.29, 0.717) is 28.6 Å². The molecule has 4 saturated carbocycles. The smallest absolute Gasteiger partial charge is 0.273 e. The first kappa shape index (κ1) is 16.8. The molecule has 5 heteroatoms.